The van der Waals surface area contributed by atoms with Gasteiger partial charge in [-0.25, -0.2) is 0 Å². The summed E-state index contributed by atoms with van der Waals surface area (Å²) in [7, 11) is 0. The summed E-state index contributed by atoms with van der Waals surface area (Å²) in [6.07, 6.45) is 6.85. The van der Waals surface area contributed by atoms with Gasteiger partial charge in [0.25, 0.3) is 0 Å². The van der Waals surface area contributed by atoms with Gasteiger partial charge in [0, 0.05) is 12.1 Å². The van der Waals surface area contributed by atoms with Crippen LogP contribution in [-0.2, 0) is 4.74 Å². The second kappa shape index (κ2) is 7.08. The SMILES string of the molecule is C=CCC(CC)(CC)OCCC(C)(N)CC. The van der Waals surface area contributed by atoms with E-state index in [0.717, 1.165) is 38.7 Å². The van der Waals surface area contributed by atoms with Crippen molar-refractivity contribution in [2.75, 3.05) is 6.61 Å². The van der Waals surface area contributed by atoms with Crippen LogP contribution in [0, 0.1) is 0 Å². The van der Waals surface area contributed by atoms with E-state index >= 15 is 0 Å². The van der Waals surface area contributed by atoms with Gasteiger partial charge in [-0.2, -0.15) is 0 Å². The molecular weight excluding hydrogens is 198 g/mol. The molecule has 1 unspecified atom stereocenters. The zero-order chi connectivity index (χ0) is 12.7. The van der Waals surface area contributed by atoms with Crippen LogP contribution in [0.5, 0.6) is 0 Å². The Morgan fingerprint density at radius 1 is 1.19 bits per heavy atom. The third-order valence-corrected chi connectivity index (χ3v) is 3.69. The minimum atomic E-state index is -0.0958. The Morgan fingerprint density at radius 3 is 2.12 bits per heavy atom. The monoisotopic (exact) mass is 227 g/mol. The van der Waals surface area contributed by atoms with Crippen LogP contribution in [0.1, 0.15) is 59.8 Å². The summed E-state index contributed by atoms with van der Waals surface area (Å²) in [6, 6.07) is 0. The molecule has 96 valence electrons. The van der Waals surface area contributed by atoms with Crippen LogP contribution in [0.4, 0.5) is 0 Å². The first-order valence-corrected chi connectivity index (χ1v) is 6.49. The van der Waals surface area contributed by atoms with Crippen LogP contribution in [0.3, 0.4) is 0 Å². The lowest BCUT2D eigenvalue weighted by Gasteiger charge is -2.33. The van der Waals surface area contributed by atoms with Gasteiger partial charge in [0.2, 0.25) is 0 Å². The van der Waals surface area contributed by atoms with E-state index in [-0.39, 0.29) is 11.1 Å². The second-order valence-corrected chi connectivity index (χ2v) is 4.99. The Morgan fingerprint density at radius 2 is 1.75 bits per heavy atom. The maximum absolute atomic E-state index is 6.10. The number of nitrogens with two attached hydrogens (primary N) is 1. The molecule has 0 amide bonds. The minimum absolute atomic E-state index is 0.0223. The molecule has 0 saturated heterocycles. The van der Waals surface area contributed by atoms with Gasteiger partial charge in [-0.15, -0.1) is 6.58 Å². The lowest BCUT2D eigenvalue weighted by atomic mass is 9.92. The maximum atomic E-state index is 6.10. The molecule has 2 nitrogen and oxygen atoms in total. The Bertz CT molecular complexity index is 195. The molecule has 0 radical (unpaired) electrons. The van der Waals surface area contributed by atoms with Crippen molar-refractivity contribution in [1.29, 1.82) is 0 Å². The predicted octanol–water partition coefficient (Wildman–Crippen LogP) is 3.66. The molecule has 0 heterocycles. The number of rotatable bonds is 9. The highest BCUT2D eigenvalue weighted by atomic mass is 16.5. The average Bonchev–Trinajstić information content (AvgIpc) is 2.28. The van der Waals surface area contributed by atoms with Crippen molar-refractivity contribution >= 4 is 0 Å². The van der Waals surface area contributed by atoms with Crippen molar-refractivity contribution in [1.82, 2.24) is 0 Å². The van der Waals surface area contributed by atoms with Crippen LogP contribution < -0.4 is 5.73 Å². The van der Waals surface area contributed by atoms with Gasteiger partial charge in [0.05, 0.1) is 5.60 Å². The molecule has 2 N–H and O–H groups in total. The molecule has 0 fully saturated rings. The van der Waals surface area contributed by atoms with Crippen LogP contribution in [0.15, 0.2) is 12.7 Å². The van der Waals surface area contributed by atoms with E-state index in [4.69, 9.17) is 10.5 Å². The van der Waals surface area contributed by atoms with Crippen molar-refractivity contribution in [2.45, 2.75) is 70.9 Å². The number of ether oxygens (including phenoxy) is 1. The molecule has 1 atom stereocenters. The lowest BCUT2D eigenvalue weighted by molar-refractivity contribution is -0.0547. The average molecular weight is 227 g/mol. The van der Waals surface area contributed by atoms with Crippen LogP contribution in [0.2, 0.25) is 0 Å². The van der Waals surface area contributed by atoms with Gasteiger partial charge in [-0.3, -0.25) is 0 Å². The molecule has 0 aromatic rings. The smallest absolute Gasteiger partial charge is 0.0711 e. The van der Waals surface area contributed by atoms with Crippen molar-refractivity contribution < 1.29 is 4.74 Å². The van der Waals surface area contributed by atoms with Gasteiger partial charge >= 0.3 is 0 Å². The molecule has 0 aliphatic heterocycles. The molecule has 0 saturated carbocycles. The van der Waals surface area contributed by atoms with E-state index in [1.807, 2.05) is 6.08 Å². The number of hydrogen-bond acceptors (Lipinski definition) is 2. The molecule has 0 aromatic heterocycles. The molecule has 16 heavy (non-hydrogen) atoms. The summed E-state index contributed by atoms with van der Waals surface area (Å²) in [4.78, 5) is 0. The highest BCUT2D eigenvalue weighted by Gasteiger charge is 2.26. The van der Waals surface area contributed by atoms with E-state index in [1.54, 1.807) is 0 Å². The standard InChI is InChI=1S/C14H29NO/c1-6-10-14(8-3,9-4)16-12-11-13(5,15)7-2/h6H,1,7-12,15H2,2-5H3. The Labute approximate surface area is 101 Å². The van der Waals surface area contributed by atoms with E-state index in [0.29, 0.717) is 0 Å². The van der Waals surface area contributed by atoms with Crippen molar-refractivity contribution in [3.8, 4) is 0 Å². The molecule has 0 spiro atoms. The fourth-order valence-electron chi connectivity index (χ4n) is 1.74. The van der Waals surface area contributed by atoms with Gasteiger partial charge in [0.1, 0.15) is 0 Å². The molecule has 0 aliphatic rings. The van der Waals surface area contributed by atoms with Gasteiger partial charge < -0.3 is 10.5 Å². The normalized spacial score (nSPS) is 15.8. The first kappa shape index (κ1) is 15.7. The third kappa shape index (κ3) is 5.13. The highest BCUT2D eigenvalue weighted by Crippen LogP contribution is 2.26. The summed E-state index contributed by atoms with van der Waals surface area (Å²) in [6.45, 7) is 13.1. The summed E-state index contributed by atoms with van der Waals surface area (Å²) >= 11 is 0. The van der Waals surface area contributed by atoms with Gasteiger partial charge in [0.15, 0.2) is 0 Å². The second-order valence-electron chi connectivity index (χ2n) is 4.99. The Balaban J connectivity index is 4.17. The molecular formula is C14H29NO. The Kier molecular flexibility index (Phi) is 6.93. The largest absolute Gasteiger partial charge is 0.375 e. The molecule has 0 aliphatic carbocycles. The van der Waals surface area contributed by atoms with Gasteiger partial charge in [-0.05, 0) is 39.0 Å². The van der Waals surface area contributed by atoms with Crippen molar-refractivity contribution in [3.05, 3.63) is 12.7 Å². The van der Waals surface area contributed by atoms with Crippen molar-refractivity contribution in [2.24, 2.45) is 5.73 Å². The molecule has 2 heteroatoms. The summed E-state index contributed by atoms with van der Waals surface area (Å²) < 4.78 is 6.05. The van der Waals surface area contributed by atoms with E-state index < -0.39 is 0 Å². The fraction of sp³-hybridized carbons (Fsp3) is 0.857. The van der Waals surface area contributed by atoms with E-state index in [9.17, 15) is 0 Å². The van der Waals surface area contributed by atoms with Gasteiger partial charge in [-0.1, -0.05) is 26.8 Å². The fourth-order valence-corrected chi connectivity index (χ4v) is 1.74. The lowest BCUT2D eigenvalue weighted by Crippen LogP contribution is -2.39. The molecule has 0 rings (SSSR count). The van der Waals surface area contributed by atoms with E-state index in [1.165, 1.54) is 0 Å². The third-order valence-electron chi connectivity index (χ3n) is 3.69. The quantitative estimate of drug-likeness (QED) is 0.610. The van der Waals surface area contributed by atoms with E-state index in [2.05, 4.69) is 34.3 Å². The van der Waals surface area contributed by atoms with Crippen molar-refractivity contribution in [3.63, 3.8) is 0 Å². The minimum Gasteiger partial charge on any atom is -0.375 e. The van der Waals surface area contributed by atoms with Crippen LogP contribution in [-0.4, -0.2) is 17.7 Å². The molecule has 0 aromatic carbocycles. The van der Waals surface area contributed by atoms with Crippen LogP contribution >= 0.6 is 0 Å². The first-order valence-electron chi connectivity index (χ1n) is 6.49. The topological polar surface area (TPSA) is 35.2 Å². The molecule has 0 bridgehead atoms. The summed E-state index contributed by atoms with van der Waals surface area (Å²) in [5.41, 5.74) is 5.98. The zero-order valence-electron chi connectivity index (χ0n) is 11.5. The summed E-state index contributed by atoms with van der Waals surface area (Å²) in [5, 5.41) is 0. The summed E-state index contributed by atoms with van der Waals surface area (Å²) in [5.74, 6) is 0. The Hall–Kier alpha value is -0.340. The predicted molar refractivity (Wildman–Crippen MR) is 71.6 cm³/mol. The zero-order valence-corrected chi connectivity index (χ0v) is 11.5. The van der Waals surface area contributed by atoms with Crippen LogP contribution in [0.25, 0.3) is 0 Å². The number of hydrogen-bond donors (Lipinski definition) is 1. The maximum Gasteiger partial charge on any atom is 0.0711 e. The first-order chi connectivity index (χ1) is 7.45. The highest BCUT2D eigenvalue weighted by molar-refractivity contribution is 4.87.